The second kappa shape index (κ2) is 24.4. The zero-order chi connectivity index (χ0) is 70.8. The maximum Gasteiger partial charge on any atom is 0.200 e. The molecule has 0 N–H and O–H groups in total. The highest BCUT2D eigenvalue weighted by Crippen LogP contribution is 2.63. The minimum atomic E-state index is -2.28. The topological polar surface area (TPSA) is 6.48 Å². The van der Waals surface area contributed by atoms with Crippen molar-refractivity contribution in [1.29, 1.82) is 0 Å². The highest BCUT2D eigenvalue weighted by atomic mass is 19.2. The van der Waals surface area contributed by atoms with Crippen molar-refractivity contribution in [2.45, 2.75) is 16.2 Å². The van der Waals surface area contributed by atoms with E-state index in [0.29, 0.717) is 78.6 Å². The Morgan fingerprint density at radius 3 is 0.757 bits per heavy atom. The number of anilines is 6. The van der Waals surface area contributed by atoms with Crippen molar-refractivity contribution in [3.05, 3.63) is 440 Å². The minimum Gasteiger partial charge on any atom is -0.310 e. The Hall–Kier alpha value is -12.5. The lowest BCUT2D eigenvalue weighted by atomic mass is 9.67. The average Bonchev–Trinajstić information content (AvgIpc) is 1.57. The highest BCUT2D eigenvalue weighted by Gasteiger charge is 2.54. The number of fused-ring (bicyclic) bond motifs is 9. The lowest BCUT2D eigenvalue weighted by Gasteiger charge is -2.36. The Balaban J connectivity index is 0.896. The summed E-state index contributed by atoms with van der Waals surface area (Å²) in [4.78, 5) is 4.01. The molecule has 12 heteroatoms. The van der Waals surface area contributed by atoms with Crippen LogP contribution in [-0.4, -0.2) is 0 Å². The molecule has 0 amide bonds. The molecule has 3 aliphatic rings. The van der Waals surface area contributed by atoms with Gasteiger partial charge < -0.3 is 9.80 Å². The summed E-state index contributed by atoms with van der Waals surface area (Å²) in [6.45, 7) is 7.80. The maximum atomic E-state index is 17.3. The molecule has 2 nitrogen and oxygen atoms in total. The summed E-state index contributed by atoms with van der Waals surface area (Å²) < 4.78 is 164. The van der Waals surface area contributed by atoms with Crippen LogP contribution in [0, 0.1) is 58.2 Å². The predicted octanol–water partition coefficient (Wildman–Crippen LogP) is 24.4. The van der Waals surface area contributed by atoms with Crippen LogP contribution in [0.25, 0.3) is 45.5 Å². The second-order valence-electron chi connectivity index (χ2n) is 25.9. The molecule has 0 heterocycles. The first kappa shape index (κ1) is 63.9. The first-order valence-corrected chi connectivity index (χ1v) is 33.3. The van der Waals surface area contributed by atoms with Gasteiger partial charge in [-0.05, 0) is 173 Å². The lowest BCUT2D eigenvalue weighted by Crippen LogP contribution is -2.33. The Bertz CT molecular complexity index is 5390. The fourth-order valence-electron chi connectivity index (χ4n) is 16.7. The first-order chi connectivity index (χ1) is 50.2. The number of halogens is 10. The van der Waals surface area contributed by atoms with Crippen LogP contribution in [0.4, 0.5) is 78.0 Å². The molecule has 3 aliphatic carbocycles. The van der Waals surface area contributed by atoms with Crippen molar-refractivity contribution in [2.24, 2.45) is 0 Å². The largest absolute Gasteiger partial charge is 0.310 e. The molecule has 0 aliphatic heterocycles. The van der Waals surface area contributed by atoms with Crippen molar-refractivity contribution < 1.29 is 43.9 Å². The van der Waals surface area contributed by atoms with Crippen LogP contribution in [0.5, 0.6) is 0 Å². The molecule has 0 saturated carbocycles. The van der Waals surface area contributed by atoms with E-state index in [1.54, 1.807) is 121 Å². The Kier molecular flexibility index (Phi) is 15.1. The number of hydrogen-bond acceptors (Lipinski definition) is 2. The molecule has 14 aromatic rings. The summed E-state index contributed by atoms with van der Waals surface area (Å²) in [5, 5.41) is 0. The standard InChI is InChI=1S/C91H54F10N2/c1-3-53-33-37-57(38-34-53)90(77-79(92)83(96)87(100)84(97)80(77)93)71-31-19-17-29-65(71)67-45-41-63(51-75(67)90)102(59-25-13-7-14-26-59)61-43-47-69-70-48-44-62(50-74(70)89(73(69)49-61,55-21-9-5-10-22-55)56-23-11-6-12-24-56)103(60-27-15-8-16-28-60)64-42-46-68-66-30-18-20-32-72(66)91(76(68)52-64,58-39-35-54(4-2)36-40-58)78-81(94)85(98)88(101)86(99)82(78)95/h3-52H,1-2H2/t90-,91?/m0/s1. The summed E-state index contributed by atoms with van der Waals surface area (Å²) in [6.07, 6.45) is 3.18. The van der Waals surface area contributed by atoms with Crippen molar-refractivity contribution >= 4 is 46.3 Å². The van der Waals surface area contributed by atoms with Crippen LogP contribution in [0.1, 0.15) is 77.9 Å². The van der Waals surface area contributed by atoms with Gasteiger partial charge in [0.2, 0.25) is 11.6 Å². The predicted molar refractivity (Wildman–Crippen MR) is 387 cm³/mol. The summed E-state index contributed by atoms with van der Waals surface area (Å²) >= 11 is 0. The van der Waals surface area contributed by atoms with Gasteiger partial charge in [0, 0.05) is 45.3 Å². The van der Waals surface area contributed by atoms with Crippen LogP contribution >= 0.6 is 0 Å². The normalized spacial score (nSPS) is 15.5. The number of hydrogen-bond donors (Lipinski definition) is 0. The molecule has 14 aromatic carbocycles. The second-order valence-corrected chi connectivity index (χ2v) is 25.9. The average molecular weight is 1370 g/mol. The molecule has 498 valence electrons. The molecule has 0 fully saturated rings. The number of benzene rings is 14. The van der Waals surface area contributed by atoms with Crippen molar-refractivity contribution in [2.75, 3.05) is 9.80 Å². The fourth-order valence-corrected chi connectivity index (χ4v) is 16.7. The van der Waals surface area contributed by atoms with Crippen molar-refractivity contribution in [3.63, 3.8) is 0 Å². The number of nitrogens with zero attached hydrogens (tertiary/aromatic N) is 2. The van der Waals surface area contributed by atoms with E-state index in [1.165, 1.54) is 0 Å². The number of rotatable bonds is 14. The number of para-hydroxylation sites is 2. The maximum absolute atomic E-state index is 17.3. The third kappa shape index (κ3) is 9.15. The van der Waals surface area contributed by atoms with E-state index in [1.807, 2.05) is 143 Å². The van der Waals surface area contributed by atoms with E-state index < -0.39 is 85.5 Å². The van der Waals surface area contributed by atoms with Gasteiger partial charge in [-0.1, -0.05) is 244 Å². The van der Waals surface area contributed by atoms with Gasteiger partial charge >= 0.3 is 0 Å². The minimum absolute atomic E-state index is 0.237. The SMILES string of the molecule is C=Cc1ccc(C2(c3c(F)c(F)c(F)c(F)c3F)c3ccccc3-c3ccc(N(c4ccccc4)c4ccc5c(c4)C(c4ccccc4)(c4ccccc4)c4cc(N(c6ccccc6)c6ccc7c(c6)[C@@](c6ccc(C=C)cc6)(c6c(F)c(F)c(F)c(F)c6F)c6ccccc6-7)ccc4-5)cc32)cc1. The van der Waals surface area contributed by atoms with Gasteiger partial charge in [0.05, 0.1) is 16.2 Å². The van der Waals surface area contributed by atoms with E-state index in [-0.39, 0.29) is 22.3 Å². The molecule has 0 spiro atoms. The smallest absolute Gasteiger partial charge is 0.200 e. The summed E-state index contributed by atoms with van der Waals surface area (Å²) in [5.74, 6) is -20.8. The molecule has 0 radical (unpaired) electrons. The van der Waals surface area contributed by atoms with Gasteiger partial charge in [-0.25, -0.2) is 43.9 Å². The van der Waals surface area contributed by atoms with E-state index in [9.17, 15) is 0 Å². The molecule has 0 saturated heterocycles. The third-order valence-electron chi connectivity index (χ3n) is 21.0. The van der Waals surface area contributed by atoms with Gasteiger partial charge in [0.1, 0.15) is 0 Å². The first-order valence-electron chi connectivity index (χ1n) is 33.3. The highest BCUT2D eigenvalue weighted by molar-refractivity contribution is 5.95. The zero-order valence-corrected chi connectivity index (χ0v) is 54.5. The monoisotopic (exact) mass is 1360 g/mol. The molecule has 1 unspecified atom stereocenters. The van der Waals surface area contributed by atoms with Crippen LogP contribution in [0.2, 0.25) is 0 Å². The zero-order valence-electron chi connectivity index (χ0n) is 54.5. The molecular weight excluding hydrogens is 1310 g/mol. The van der Waals surface area contributed by atoms with E-state index >= 15 is 43.9 Å². The summed E-state index contributed by atoms with van der Waals surface area (Å²) in [6, 6.07) is 89.4. The van der Waals surface area contributed by atoms with E-state index in [4.69, 9.17) is 0 Å². The summed E-state index contributed by atoms with van der Waals surface area (Å²) in [5.41, 5.74) is 6.17. The molecule has 0 bridgehead atoms. The molecule has 0 aromatic heterocycles. The van der Waals surface area contributed by atoms with Crippen molar-refractivity contribution in [3.8, 4) is 33.4 Å². The van der Waals surface area contributed by atoms with Gasteiger partial charge in [-0.2, -0.15) is 0 Å². The lowest BCUT2D eigenvalue weighted by molar-refractivity contribution is 0.363. The quantitative estimate of drug-likeness (QED) is 0.0608. The fraction of sp³-hybridized carbons (Fsp3) is 0.0330. The van der Waals surface area contributed by atoms with Crippen LogP contribution in [0.3, 0.4) is 0 Å². The van der Waals surface area contributed by atoms with Crippen molar-refractivity contribution in [1.82, 2.24) is 0 Å². The Morgan fingerprint density at radius 1 is 0.214 bits per heavy atom. The molecule has 17 rings (SSSR count). The summed E-state index contributed by atoms with van der Waals surface area (Å²) in [7, 11) is 0. The van der Waals surface area contributed by atoms with E-state index in [2.05, 4.69) is 61.7 Å². The van der Waals surface area contributed by atoms with Gasteiger partial charge in [-0.3, -0.25) is 0 Å². The third-order valence-corrected chi connectivity index (χ3v) is 21.0. The van der Waals surface area contributed by atoms with Crippen LogP contribution < -0.4 is 9.80 Å². The Morgan fingerprint density at radius 2 is 0.456 bits per heavy atom. The van der Waals surface area contributed by atoms with E-state index in [0.717, 1.165) is 33.4 Å². The Labute approximate surface area is 587 Å². The van der Waals surface area contributed by atoms with Gasteiger partial charge in [0.25, 0.3) is 0 Å². The molecular formula is C91H54F10N2. The molecule has 103 heavy (non-hydrogen) atoms. The van der Waals surface area contributed by atoms with Crippen LogP contribution in [-0.2, 0) is 16.2 Å². The van der Waals surface area contributed by atoms with Crippen LogP contribution in [0.15, 0.2) is 304 Å². The van der Waals surface area contributed by atoms with Gasteiger partial charge in [0.15, 0.2) is 46.5 Å². The molecule has 2 atom stereocenters. The van der Waals surface area contributed by atoms with Gasteiger partial charge in [-0.15, -0.1) is 0 Å².